The average Bonchev–Trinajstić information content (AvgIpc) is 3.30. The van der Waals surface area contributed by atoms with Gasteiger partial charge in [-0.15, -0.1) is 0 Å². The highest BCUT2D eigenvalue weighted by Gasteiger charge is 2.45. The first-order valence-electron chi connectivity index (χ1n) is 12.2. The number of nitrogens with zero attached hydrogens (tertiary/aromatic N) is 1. The molecule has 2 aromatic rings. The zero-order valence-electron chi connectivity index (χ0n) is 19.8. The second-order valence-corrected chi connectivity index (χ2v) is 10.3. The molecule has 1 aliphatic heterocycles. The van der Waals surface area contributed by atoms with E-state index >= 15 is 0 Å². The van der Waals surface area contributed by atoms with Gasteiger partial charge in [0.2, 0.25) is 5.90 Å². The van der Waals surface area contributed by atoms with Crippen LogP contribution < -0.4 is 10.1 Å². The summed E-state index contributed by atoms with van der Waals surface area (Å²) < 4.78 is 12.5. The summed E-state index contributed by atoms with van der Waals surface area (Å²) >= 11 is 3.59. The van der Waals surface area contributed by atoms with Gasteiger partial charge in [0.25, 0.3) is 5.91 Å². The van der Waals surface area contributed by atoms with Gasteiger partial charge < -0.3 is 25.0 Å². The standard InChI is InChI=1S/C27H33BrN2O5/c28-23-8-3-2-7-21(23)17-27(25(32)29-18-26(33)13-4-1-5-14-26)19-35-24(30-27)20-9-11-22(12-10-20)34-16-6-15-31/h2-3,7-12,31,33H,1,4-6,13-19H2,(H,29,32)/t27-/m1/s1. The van der Waals surface area contributed by atoms with Crippen LogP contribution in [0.15, 0.2) is 58.0 Å². The summed E-state index contributed by atoms with van der Waals surface area (Å²) in [5.74, 6) is 0.857. The van der Waals surface area contributed by atoms with Crippen molar-refractivity contribution in [1.82, 2.24) is 5.32 Å². The maximum Gasteiger partial charge on any atom is 0.252 e. The SMILES string of the molecule is O=C(NCC1(O)CCCCC1)[C@@]1(Cc2ccccc2Br)COC(c2ccc(OCCCO)cc2)=N1. The molecule has 1 saturated carbocycles. The number of hydrogen-bond donors (Lipinski definition) is 3. The number of carbonyl (C=O) groups excluding carboxylic acids is 1. The van der Waals surface area contributed by atoms with Gasteiger partial charge in [-0.3, -0.25) is 4.79 Å². The van der Waals surface area contributed by atoms with Crippen molar-refractivity contribution in [3.8, 4) is 5.75 Å². The van der Waals surface area contributed by atoms with Gasteiger partial charge in [-0.05, 0) is 48.7 Å². The fraction of sp³-hybridized carbons (Fsp3) is 0.481. The Morgan fingerprint density at radius 3 is 2.57 bits per heavy atom. The van der Waals surface area contributed by atoms with E-state index in [0.717, 1.165) is 34.9 Å². The van der Waals surface area contributed by atoms with Crippen molar-refractivity contribution in [3.05, 3.63) is 64.1 Å². The van der Waals surface area contributed by atoms with Crippen molar-refractivity contribution in [2.45, 2.75) is 56.1 Å². The lowest BCUT2D eigenvalue weighted by Gasteiger charge is -2.33. The minimum absolute atomic E-state index is 0.0851. The lowest BCUT2D eigenvalue weighted by molar-refractivity contribution is -0.128. The first-order chi connectivity index (χ1) is 16.9. The molecule has 1 amide bonds. The third-order valence-electron chi connectivity index (χ3n) is 6.66. The van der Waals surface area contributed by atoms with Crippen LogP contribution in [-0.2, 0) is 16.0 Å². The van der Waals surface area contributed by atoms with E-state index in [9.17, 15) is 9.90 Å². The van der Waals surface area contributed by atoms with Gasteiger partial charge in [0.1, 0.15) is 12.4 Å². The molecule has 4 rings (SSSR count). The smallest absolute Gasteiger partial charge is 0.252 e. The molecule has 1 aliphatic carbocycles. The Kier molecular flexibility index (Phi) is 8.46. The molecule has 1 heterocycles. The van der Waals surface area contributed by atoms with E-state index in [1.165, 1.54) is 0 Å². The molecule has 2 aromatic carbocycles. The Morgan fingerprint density at radius 2 is 1.86 bits per heavy atom. The summed E-state index contributed by atoms with van der Waals surface area (Å²) in [6, 6.07) is 15.1. The van der Waals surface area contributed by atoms with Gasteiger partial charge >= 0.3 is 0 Å². The highest BCUT2D eigenvalue weighted by Crippen LogP contribution is 2.31. The summed E-state index contributed by atoms with van der Waals surface area (Å²) in [4.78, 5) is 18.4. The molecule has 0 unspecified atom stereocenters. The summed E-state index contributed by atoms with van der Waals surface area (Å²) in [7, 11) is 0. The lowest BCUT2D eigenvalue weighted by atomic mass is 9.84. The van der Waals surface area contributed by atoms with Crippen LogP contribution in [-0.4, -0.2) is 59.5 Å². The fourth-order valence-corrected chi connectivity index (χ4v) is 5.01. The first kappa shape index (κ1) is 25.7. The molecule has 35 heavy (non-hydrogen) atoms. The monoisotopic (exact) mass is 544 g/mol. The number of aliphatic hydroxyl groups excluding tert-OH is 1. The number of rotatable bonds is 10. The molecule has 0 aromatic heterocycles. The molecular weight excluding hydrogens is 512 g/mol. The summed E-state index contributed by atoms with van der Waals surface area (Å²) in [6.45, 7) is 0.855. The summed E-state index contributed by atoms with van der Waals surface area (Å²) in [5.41, 5.74) is -0.284. The van der Waals surface area contributed by atoms with Crippen LogP contribution in [0.2, 0.25) is 0 Å². The minimum Gasteiger partial charge on any atom is -0.494 e. The van der Waals surface area contributed by atoms with E-state index in [0.29, 0.717) is 43.9 Å². The van der Waals surface area contributed by atoms with E-state index in [4.69, 9.17) is 19.6 Å². The highest BCUT2D eigenvalue weighted by atomic mass is 79.9. The van der Waals surface area contributed by atoms with Crippen molar-refractivity contribution < 1.29 is 24.5 Å². The Morgan fingerprint density at radius 1 is 1.11 bits per heavy atom. The molecule has 0 radical (unpaired) electrons. The van der Waals surface area contributed by atoms with Crippen molar-refractivity contribution in [3.63, 3.8) is 0 Å². The predicted molar refractivity (Wildman–Crippen MR) is 138 cm³/mol. The number of nitrogens with one attached hydrogen (secondary N) is 1. The van der Waals surface area contributed by atoms with Crippen LogP contribution in [0.4, 0.5) is 0 Å². The molecule has 1 fully saturated rings. The van der Waals surface area contributed by atoms with Gasteiger partial charge in [-0.1, -0.05) is 53.4 Å². The van der Waals surface area contributed by atoms with Crippen LogP contribution in [0.5, 0.6) is 5.75 Å². The van der Waals surface area contributed by atoms with Gasteiger partial charge in [-0.2, -0.15) is 0 Å². The second-order valence-electron chi connectivity index (χ2n) is 9.42. The van der Waals surface area contributed by atoms with Gasteiger partial charge in [0.05, 0.1) is 12.2 Å². The molecule has 188 valence electrons. The Bertz CT molecular complexity index is 1040. The van der Waals surface area contributed by atoms with Crippen LogP contribution in [0.1, 0.15) is 49.7 Å². The Balaban J connectivity index is 1.55. The number of amides is 1. The van der Waals surface area contributed by atoms with E-state index in [1.54, 1.807) is 0 Å². The topological polar surface area (TPSA) is 100 Å². The Hall–Kier alpha value is -2.42. The number of hydrogen-bond acceptors (Lipinski definition) is 6. The fourth-order valence-electron chi connectivity index (χ4n) is 4.58. The number of aliphatic hydroxyl groups is 2. The van der Waals surface area contributed by atoms with Crippen LogP contribution in [0.25, 0.3) is 0 Å². The first-order valence-corrected chi connectivity index (χ1v) is 13.0. The molecule has 1 atom stereocenters. The number of carbonyl (C=O) groups is 1. The summed E-state index contributed by atoms with van der Waals surface area (Å²) in [6.07, 6.45) is 5.39. The van der Waals surface area contributed by atoms with Crippen LogP contribution >= 0.6 is 15.9 Å². The van der Waals surface area contributed by atoms with E-state index in [-0.39, 0.29) is 25.7 Å². The lowest BCUT2D eigenvalue weighted by Crippen LogP contribution is -2.53. The van der Waals surface area contributed by atoms with Crippen LogP contribution in [0, 0.1) is 0 Å². The quantitative estimate of drug-likeness (QED) is 0.395. The van der Waals surface area contributed by atoms with E-state index in [2.05, 4.69) is 21.2 Å². The van der Waals surface area contributed by atoms with Crippen molar-refractivity contribution in [2.75, 3.05) is 26.4 Å². The Labute approximate surface area is 214 Å². The average molecular weight is 545 g/mol. The second kappa shape index (κ2) is 11.5. The largest absolute Gasteiger partial charge is 0.494 e. The predicted octanol–water partition coefficient (Wildman–Crippen LogP) is 3.78. The minimum atomic E-state index is -1.14. The molecule has 0 bridgehead atoms. The number of aliphatic imine (C=N–C) groups is 1. The zero-order valence-corrected chi connectivity index (χ0v) is 21.4. The number of halogens is 1. The van der Waals surface area contributed by atoms with Crippen molar-refractivity contribution in [1.29, 1.82) is 0 Å². The molecule has 8 heteroatoms. The van der Waals surface area contributed by atoms with Crippen molar-refractivity contribution in [2.24, 2.45) is 4.99 Å². The normalized spacial score (nSPS) is 21.2. The third kappa shape index (κ3) is 6.42. The molecule has 0 saturated heterocycles. The summed E-state index contributed by atoms with van der Waals surface area (Å²) in [5, 5.41) is 22.8. The maximum absolute atomic E-state index is 13.6. The number of benzene rings is 2. The van der Waals surface area contributed by atoms with E-state index in [1.807, 2.05) is 48.5 Å². The van der Waals surface area contributed by atoms with Gasteiger partial charge in [-0.25, -0.2) is 4.99 Å². The molecule has 3 N–H and O–H groups in total. The molecular formula is C27H33BrN2O5. The van der Waals surface area contributed by atoms with Crippen molar-refractivity contribution >= 4 is 27.7 Å². The zero-order chi connectivity index (χ0) is 24.7. The molecule has 7 nitrogen and oxygen atoms in total. The van der Waals surface area contributed by atoms with Gasteiger partial charge in [0.15, 0.2) is 5.54 Å². The van der Waals surface area contributed by atoms with Crippen LogP contribution in [0.3, 0.4) is 0 Å². The molecule has 0 spiro atoms. The molecule has 2 aliphatic rings. The third-order valence-corrected chi connectivity index (χ3v) is 7.43. The van der Waals surface area contributed by atoms with Gasteiger partial charge in [0, 0.05) is 36.0 Å². The maximum atomic E-state index is 13.6. The van der Waals surface area contributed by atoms with E-state index < -0.39 is 11.1 Å². The number of ether oxygens (including phenoxy) is 2. The highest BCUT2D eigenvalue weighted by molar-refractivity contribution is 9.10.